The van der Waals surface area contributed by atoms with Crippen molar-refractivity contribution in [3.63, 3.8) is 0 Å². The maximum absolute atomic E-state index is 11.9. The van der Waals surface area contributed by atoms with Crippen LogP contribution in [-0.2, 0) is 4.79 Å². The van der Waals surface area contributed by atoms with Crippen molar-refractivity contribution in [1.29, 1.82) is 0 Å². The van der Waals surface area contributed by atoms with Gasteiger partial charge in [0.2, 0.25) is 0 Å². The zero-order valence-corrected chi connectivity index (χ0v) is 15.1. The second-order valence-corrected chi connectivity index (χ2v) is 6.22. The third kappa shape index (κ3) is 4.12. The summed E-state index contributed by atoms with van der Waals surface area (Å²) in [6.07, 6.45) is 1.28. The molecule has 0 heterocycles. The number of rotatable bonds is 5. The molecule has 132 valence electrons. The molecule has 0 aromatic heterocycles. The Bertz CT molecular complexity index is 988. The topological polar surface area (TPSA) is 91.2 Å². The molecule has 26 heavy (non-hydrogen) atoms. The molecule has 3 N–H and O–H groups in total. The Balaban J connectivity index is 1.59. The average molecular weight is 415 g/mol. The van der Waals surface area contributed by atoms with Gasteiger partial charge in [-0.2, -0.15) is 5.10 Å². The number of ether oxygens (including phenoxy) is 1. The third-order valence-corrected chi connectivity index (χ3v) is 4.41. The Hall–Kier alpha value is -3.06. The largest absolute Gasteiger partial charge is 0.508 e. The fourth-order valence-electron chi connectivity index (χ4n) is 2.32. The van der Waals surface area contributed by atoms with Gasteiger partial charge in [0.1, 0.15) is 17.2 Å². The van der Waals surface area contributed by atoms with Gasteiger partial charge in [0.05, 0.1) is 10.7 Å². The summed E-state index contributed by atoms with van der Waals surface area (Å²) in [6.45, 7) is -0.212. The molecule has 0 aliphatic carbocycles. The highest BCUT2D eigenvalue weighted by Gasteiger charge is 2.08. The van der Waals surface area contributed by atoms with Gasteiger partial charge in [-0.3, -0.25) is 4.79 Å². The summed E-state index contributed by atoms with van der Waals surface area (Å²) in [7, 11) is 0. The maximum Gasteiger partial charge on any atom is 0.277 e. The normalized spacial score (nSPS) is 11.0. The van der Waals surface area contributed by atoms with E-state index >= 15 is 0 Å². The van der Waals surface area contributed by atoms with Gasteiger partial charge in [0.25, 0.3) is 5.91 Å². The van der Waals surface area contributed by atoms with Crippen LogP contribution in [0.4, 0.5) is 0 Å². The highest BCUT2D eigenvalue weighted by atomic mass is 79.9. The number of aromatic hydroxyl groups is 2. The Morgan fingerprint density at radius 2 is 1.96 bits per heavy atom. The summed E-state index contributed by atoms with van der Waals surface area (Å²) < 4.78 is 6.31. The van der Waals surface area contributed by atoms with Crippen LogP contribution in [0.2, 0.25) is 0 Å². The number of carbonyl (C=O) groups excluding carboxylic acids is 1. The van der Waals surface area contributed by atoms with Gasteiger partial charge < -0.3 is 14.9 Å². The molecule has 0 bridgehead atoms. The molecule has 0 radical (unpaired) electrons. The van der Waals surface area contributed by atoms with Gasteiger partial charge in [0.15, 0.2) is 6.61 Å². The Labute approximate surface area is 157 Å². The first kappa shape index (κ1) is 17.8. The molecule has 0 saturated carbocycles. The van der Waals surface area contributed by atoms with E-state index in [1.807, 2.05) is 30.3 Å². The van der Waals surface area contributed by atoms with Crippen LogP contribution in [0.5, 0.6) is 17.2 Å². The number of nitrogens with one attached hydrogen (secondary N) is 1. The molecule has 0 spiro atoms. The lowest BCUT2D eigenvalue weighted by molar-refractivity contribution is -0.123. The van der Waals surface area contributed by atoms with Gasteiger partial charge in [-0.1, -0.05) is 30.3 Å². The number of phenols is 2. The molecule has 3 rings (SSSR count). The van der Waals surface area contributed by atoms with Crippen LogP contribution in [0.25, 0.3) is 10.8 Å². The third-order valence-electron chi connectivity index (χ3n) is 3.59. The van der Waals surface area contributed by atoms with Gasteiger partial charge in [0, 0.05) is 11.6 Å². The minimum absolute atomic E-state index is 0.0574. The Morgan fingerprint density at radius 1 is 1.15 bits per heavy atom. The van der Waals surface area contributed by atoms with Crippen molar-refractivity contribution in [2.75, 3.05) is 6.61 Å². The number of nitrogens with zero attached hydrogens (tertiary/aromatic N) is 1. The molecule has 0 atom stereocenters. The van der Waals surface area contributed by atoms with Gasteiger partial charge >= 0.3 is 0 Å². The fraction of sp³-hybridized carbons (Fsp3) is 0.0526. The number of amides is 1. The molecule has 1 amide bonds. The summed E-state index contributed by atoms with van der Waals surface area (Å²) in [6, 6.07) is 15.6. The van der Waals surface area contributed by atoms with Gasteiger partial charge in [-0.15, -0.1) is 0 Å². The van der Waals surface area contributed by atoms with Crippen molar-refractivity contribution in [2.24, 2.45) is 5.10 Å². The lowest BCUT2D eigenvalue weighted by Gasteiger charge is -2.09. The van der Waals surface area contributed by atoms with Gasteiger partial charge in [-0.05, 0) is 44.9 Å². The Morgan fingerprint density at radius 3 is 2.77 bits per heavy atom. The SMILES string of the molecule is O=C(COc1ccc2ccccc2c1Br)N/N=C\c1ccc(O)cc1O. The zero-order chi connectivity index (χ0) is 18.5. The van der Waals surface area contributed by atoms with Crippen LogP contribution in [0.3, 0.4) is 0 Å². The van der Waals surface area contributed by atoms with Crippen LogP contribution in [0, 0.1) is 0 Å². The molecule has 6 nitrogen and oxygen atoms in total. The number of hydrazone groups is 1. The van der Waals surface area contributed by atoms with E-state index in [4.69, 9.17) is 4.74 Å². The average Bonchev–Trinajstić information content (AvgIpc) is 2.63. The summed E-state index contributed by atoms with van der Waals surface area (Å²) in [5, 5.41) is 24.7. The highest BCUT2D eigenvalue weighted by Crippen LogP contribution is 2.32. The molecule has 0 unspecified atom stereocenters. The number of fused-ring (bicyclic) bond motifs is 1. The minimum atomic E-state index is -0.445. The molecule has 0 fully saturated rings. The van der Waals surface area contributed by atoms with Crippen molar-refractivity contribution in [2.45, 2.75) is 0 Å². The first-order valence-electron chi connectivity index (χ1n) is 7.68. The standard InChI is InChI=1S/C19H15BrN2O4/c20-19-15-4-2-1-3-12(15)6-8-17(19)26-11-18(25)22-21-10-13-5-7-14(23)9-16(13)24/h1-10,23-24H,11H2,(H,22,25)/b21-10-. The summed E-state index contributed by atoms with van der Waals surface area (Å²) in [5.41, 5.74) is 2.68. The van der Waals surface area contributed by atoms with Crippen molar-refractivity contribution in [3.8, 4) is 17.2 Å². The number of hydrogen-bond acceptors (Lipinski definition) is 5. The number of phenolic OH excluding ortho intramolecular Hbond substituents is 2. The number of carbonyl (C=O) groups is 1. The summed E-state index contributed by atoms with van der Waals surface area (Å²) in [5.74, 6) is -0.0871. The van der Waals surface area contributed by atoms with Crippen molar-refractivity contribution < 1.29 is 19.7 Å². The van der Waals surface area contributed by atoms with Crippen molar-refractivity contribution in [3.05, 3.63) is 64.6 Å². The summed E-state index contributed by atoms with van der Waals surface area (Å²) >= 11 is 3.49. The van der Waals surface area contributed by atoms with Crippen molar-refractivity contribution in [1.82, 2.24) is 5.43 Å². The van der Waals surface area contributed by atoms with E-state index in [1.54, 1.807) is 6.07 Å². The van der Waals surface area contributed by atoms with E-state index in [0.29, 0.717) is 11.3 Å². The molecule has 0 aliphatic rings. The van der Waals surface area contributed by atoms with Crippen LogP contribution in [-0.4, -0.2) is 28.9 Å². The van der Waals surface area contributed by atoms with Crippen molar-refractivity contribution >= 4 is 38.8 Å². The van der Waals surface area contributed by atoms with E-state index in [0.717, 1.165) is 15.2 Å². The Kier molecular flexibility index (Phi) is 5.38. The van der Waals surface area contributed by atoms with E-state index in [2.05, 4.69) is 26.5 Å². The van der Waals surface area contributed by atoms with E-state index in [9.17, 15) is 15.0 Å². The predicted octanol–water partition coefficient (Wildman–Crippen LogP) is 3.54. The summed E-state index contributed by atoms with van der Waals surface area (Å²) in [4.78, 5) is 11.9. The van der Waals surface area contributed by atoms with E-state index in [-0.39, 0.29) is 18.1 Å². The number of benzene rings is 3. The molecule has 3 aromatic rings. The second-order valence-electron chi connectivity index (χ2n) is 5.42. The van der Waals surface area contributed by atoms with Crippen LogP contribution in [0.15, 0.2) is 64.2 Å². The second kappa shape index (κ2) is 7.88. The minimum Gasteiger partial charge on any atom is -0.508 e. The monoisotopic (exact) mass is 414 g/mol. The van der Waals surface area contributed by atoms with E-state index < -0.39 is 5.91 Å². The maximum atomic E-state index is 11.9. The van der Waals surface area contributed by atoms with Crippen LogP contribution in [0.1, 0.15) is 5.56 Å². The smallest absolute Gasteiger partial charge is 0.277 e. The number of hydrogen-bond donors (Lipinski definition) is 3. The predicted molar refractivity (Wildman–Crippen MR) is 103 cm³/mol. The first-order valence-corrected chi connectivity index (χ1v) is 8.48. The first-order chi connectivity index (χ1) is 12.5. The molecule has 0 aliphatic heterocycles. The lowest BCUT2D eigenvalue weighted by atomic mass is 10.1. The fourth-order valence-corrected chi connectivity index (χ4v) is 2.92. The van der Waals surface area contributed by atoms with Gasteiger partial charge in [-0.25, -0.2) is 5.43 Å². The number of halogens is 1. The van der Waals surface area contributed by atoms with E-state index in [1.165, 1.54) is 24.4 Å². The van der Waals surface area contributed by atoms with Crippen LogP contribution < -0.4 is 10.2 Å². The molecule has 0 saturated heterocycles. The lowest BCUT2D eigenvalue weighted by Crippen LogP contribution is -2.24. The molecular formula is C19H15BrN2O4. The molecule has 3 aromatic carbocycles. The highest BCUT2D eigenvalue weighted by molar-refractivity contribution is 9.10. The zero-order valence-electron chi connectivity index (χ0n) is 13.5. The molecule has 7 heteroatoms. The van der Waals surface area contributed by atoms with Crippen LogP contribution >= 0.6 is 15.9 Å². The quantitative estimate of drug-likeness (QED) is 0.439. The molecular weight excluding hydrogens is 400 g/mol.